The zero-order chi connectivity index (χ0) is 36.1. The van der Waals surface area contributed by atoms with E-state index >= 15 is 0 Å². The minimum absolute atomic E-state index is 0.131. The first-order valence-corrected chi connectivity index (χ1v) is 18.4. The second kappa shape index (κ2) is 18.9. The molecule has 2 atom stereocenters. The van der Waals surface area contributed by atoms with Gasteiger partial charge in [0.1, 0.15) is 11.4 Å². The fourth-order valence-corrected chi connectivity index (χ4v) is 6.24. The molecule has 0 N–H and O–H groups in total. The van der Waals surface area contributed by atoms with Crippen LogP contribution in [0.4, 0.5) is 4.79 Å². The van der Waals surface area contributed by atoms with Gasteiger partial charge in [-0.05, 0) is 79.1 Å². The lowest BCUT2D eigenvalue weighted by Gasteiger charge is -2.43. The number of hydrogen-bond acceptors (Lipinski definition) is 6. The van der Waals surface area contributed by atoms with E-state index in [0.717, 1.165) is 41.7 Å². The largest absolute Gasteiger partial charge is 0.494 e. The van der Waals surface area contributed by atoms with Crippen molar-refractivity contribution in [3.8, 4) is 5.75 Å². The van der Waals surface area contributed by atoms with Gasteiger partial charge in [0.25, 0.3) is 0 Å². The highest BCUT2D eigenvalue weighted by Gasteiger charge is 2.42. The van der Waals surface area contributed by atoms with E-state index < -0.39 is 5.60 Å². The maximum atomic E-state index is 13.5. The van der Waals surface area contributed by atoms with E-state index in [2.05, 4.69) is 86.6 Å². The minimum atomic E-state index is -0.619. The van der Waals surface area contributed by atoms with E-state index in [0.29, 0.717) is 46.1 Å². The van der Waals surface area contributed by atoms with E-state index in [-0.39, 0.29) is 24.2 Å². The third-order valence-corrected chi connectivity index (χ3v) is 9.12. The molecule has 4 aromatic rings. The second-order valence-corrected chi connectivity index (χ2v) is 14.3. The number of hydrogen-bond donors (Lipinski definition) is 0. The van der Waals surface area contributed by atoms with Crippen LogP contribution in [-0.2, 0) is 51.6 Å². The summed E-state index contributed by atoms with van der Waals surface area (Å²) in [6, 6.07) is 35.5. The SMILES string of the molecule is CCc1ccc(COC2CN(C(=O)OC(C)(C)C)CC(OCc3ccc(CC)cc3)C2c2ccc(OCCCOCc3ccccc3)cc2)cc1. The summed E-state index contributed by atoms with van der Waals surface area (Å²) in [4.78, 5) is 15.2. The maximum absolute atomic E-state index is 13.5. The van der Waals surface area contributed by atoms with Crippen molar-refractivity contribution >= 4 is 6.09 Å². The van der Waals surface area contributed by atoms with Crippen LogP contribution in [0.15, 0.2) is 103 Å². The first kappa shape index (κ1) is 38.1. The molecule has 1 saturated heterocycles. The lowest BCUT2D eigenvalue weighted by atomic mass is 9.84. The van der Waals surface area contributed by atoms with Crippen LogP contribution in [0, 0.1) is 0 Å². The number of amides is 1. The van der Waals surface area contributed by atoms with Crippen molar-refractivity contribution in [3.63, 3.8) is 0 Å². The van der Waals surface area contributed by atoms with Gasteiger partial charge >= 0.3 is 6.09 Å². The predicted octanol–water partition coefficient (Wildman–Crippen LogP) is 9.30. The smallest absolute Gasteiger partial charge is 0.410 e. The molecular weight excluding hydrogens is 638 g/mol. The van der Waals surface area contributed by atoms with Gasteiger partial charge in [-0.2, -0.15) is 0 Å². The van der Waals surface area contributed by atoms with Crippen molar-refractivity contribution in [1.82, 2.24) is 4.90 Å². The van der Waals surface area contributed by atoms with E-state index in [4.69, 9.17) is 23.7 Å². The van der Waals surface area contributed by atoms with E-state index in [1.807, 2.05) is 51.1 Å². The first-order valence-electron chi connectivity index (χ1n) is 18.4. The molecule has 1 heterocycles. The van der Waals surface area contributed by atoms with Crippen LogP contribution in [0.25, 0.3) is 0 Å². The highest BCUT2D eigenvalue weighted by Crippen LogP contribution is 2.35. The van der Waals surface area contributed by atoms with E-state index in [1.54, 1.807) is 4.90 Å². The summed E-state index contributed by atoms with van der Waals surface area (Å²) < 4.78 is 31.2. The summed E-state index contributed by atoms with van der Waals surface area (Å²) in [5, 5.41) is 0. The van der Waals surface area contributed by atoms with Crippen molar-refractivity contribution in [2.24, 2.45) is 0 Å². The van der Waals surface area contributed by atoms with Crippen LogP contribution in [0.3, 0.4) is 0 Å². The van der Waals surface area contributed by atoms with Gasteiger partial charge in [-0.3, -0.25) is 0 Å². The summed E-state index contributed by atoms with van der Waals surface area (Å²) >= 11 is 0. The molecule has 0 aromatic heterocycles. The summed E-state index contributed by atoms with van der Waals surface area (Å²) in [7, 11) is 0. The molecule has 1 aliphatic rings. The first-order chi connectivity index (χ1) is 24.7. The van der Waals surface area contributed by atoms with Crippen LogP contribution in [0.2, 0.25) is 0 Å². The Morgan fingerprint density at radius 2 is 1.16 bits per heavy atom. The number of piperidine rings is 1. The predicted molar refractivity (Wildman–Crippen MR) is 202 cm³/mol. The van der Waals surface area contributed by atoms with Crippen LogP contribution >= 0.6 is 0 Å². The Labute approximate surface area is 304 Å². The van der Waals surface area contributed by atoms with Crippen molar-refractivity contribution in [2.45, 2.75) is 97.4 Å². The lowest BCUT2D eigenvalue weighted by molar-refractivity contribution is -0.100. The summed E-state index contributed by atoms with van der Waals surface area (Å²) in [5.74, 6) is 0.670. The van der Waals surface area contributed by atoms with Crippen molar-refractivity contribution in [2.75, 3.05) is 26.3 Å². The molecule has 7 heteroatoms. The third kappa shape index (κ3) is 12.0. The van der Waals surface area contributed by atoms with Gasteiger partial charge in [0, 0.05) is 12.3 Å². The number of rotatable bonds is 16. The molecule has 1 amide bonds. The van der Waals surface area contributed by atoms with Crippen molar-refractivity contribution in [3.05, 3.63) is 137 Å². The molecule has 2 unspecified atom stereocenters. The maximum Gasteiger partial charge on any atom is 0.410 e. The van der Waals surface area contributed by atoms with E-state index in [9.17, 15) is 4.79 Å². The van der Waals surface area contributed by atoms with Gasteiger partial charge < -0.3 is 28.6 Å². The fourth-order valence-electron chi connectivity index (χ4n) is 6.24. The Bertz CT molecular complexity index is 1540. The number of benzene rings is 4. The van der Waals surface area contributed by atoms with Gasteiger partial charge in [-0.1, -0.05) is 105 Å². The Balaban J connectivity index is 1.31. The zero-order valence-corrected chi connectivity index (χ0v) is 31.0. The molecule has 0 saturated carbocycles. The second-order valence-electron chi connectivity index (χ2n) is 14.3. The highest BCUT2D eigenvalue weighted by atomic mass is 16.6. The monoisotopic (exact) mass is 693 g/mol. The average molecular weight is 694 g/mol. The zero-order valence-electron chi connectivity index (χ0n) is 31.0. The molecule has 7 nitrogen and oxygen atoms in total. The van der Waals surface area contributed by atoms with E-state index in [1.165, 1.54) is 16.7 Å². The quantitative estimate of drug-likeness (QED) is 0.109. The molecule has 1 fully saturated rings. The number of nitrogens with zero attached hydrogens (tertiary/aromatic N) is 1. The molecule has 0 spiro atoms. The Hall–Kier alpha value is -4.17. The number of carbonyl (C=O) groups excluding carboxylic acids is 1. The van der Waals surface area contributed by atoms with Gasteiger partial charge in [0.2, 0.25) is 0 Å². The van der Waals surface area contributed by atoms with Crippen LogP contribution in [-0.4, -0.2) is 55.1 Å². The van der Waals surface area contributed by atoms with Crippen molar-refractivity contribution < 1.29 is 28.5 Å². The van der Waals surface area contributed by atoms with Gasteiger partial charge in [-0.15, -0.1) is 0 Å². The molecule has 5 rings (SSSR count). The highest BCUT2D eigenvalue weighted by molar-refractivity contribution is 5.68. The lowest BCUT2D eigenvalue weighted by Crippen LogP contribution is -2.55. The number of carbonyl (C=O) groups is 1. The molecule has 0 bridgehead atoms. The number of aryl methyl sites for hydroxylation is 2. The van der Waals surface area contributed by atoms with Crippen molar-refractivity contribution in [1.29, 1.82) is 0 Å². The van der Waals surface area contributed by atoms with Crippen LogP contribution in [0.1, 0.15) is 80.3 Å². The molecule has 272 valence electrons. The van der Waals surface area contributed by atoms with Gasteiger partial charge in [-0.25, -0.2) is 4.79 Å². The van der Waals surface area contributed by atoms with Gasteiger partial charge in [0.15, 0.2) is 0 Å². The summed E-state index contributed by atoms with van der Waals surface area (Å²) in [6.45, 7) is 13.4. The molecule has 0 radical (unpaired) electrons. The Morgan fingerprint density at radius 3 is 1.67 bits per heavy atom. The fraction of sp³-hybridized carbons (Fsp3) is 0.432. The van der Waals surface area contributed by atoms with Gasteiger partial charge in [0.05, 0.1) is 58.3 Å². The molecule has 0 aliphatic carbocycles. The molecule has 1 aliphatic heterocycles. The summed E-state index contributed by atoms with van der Waals surface area (Å²) in [5.41, 5.74) is 6.37. The minimum Gasteiger partial charge on any atom is -0.494 e. The molecule has 4 aromatic carbocycles. The summed E-state index contributed by atoms with van der Waals surface area (Å²) in [6.07, 6.45) is 1.73. The van der Waals surface area contributed by atoms with Crippen LogP contribution < -0.4 is 4.74 Å². The van der Waals surface area contributed by atoms with Crippen LogP contribution in [0.5, 0.6) is 5.75 Å². The number of ether oxygens (including phenoxy) is 5. The molecular formula is C44H55NO6. The normalized spacial score (nSPS) is 17.7. The standard InChI is InChI=1S/C44H55NO6/c1-6-33-14-18-36(19-15-33)31-49-40-28-45(43(46)51-44(3,4)5)29-41(50-32-37-20-16-34(7-2)17-21-37)42(40)38-22-24-39(25-23-38)48-27-11-26-47-30-35-12-9-8-10-13-35/h8-10,12-25,40-42H,6-7,11,26-32H2,1-5H3. The topological polar surface area (TPSA) is 66.5 Å². The number of likely N-dealkylation sites (tertiary alicyclic amines) is 1. The average Bonchev–Trinajstić information content (AvgIpc) is 3.14. The Morgan fingerprint density at radius 1 is 0.647 bits per heavy atom. The third-order valence-electron chi connectivity index (χ3n) is 9.12. The molecule has 51 heavy (non-hydrogen) atoms. The Kier molecular flexibility index (Phi) is 14.1.